The molecule has 0 aromatic heterocycles. The highest BCUT2D eigenvalue weighted by molar-refractivity contribution is 5.81. The van der Waals surface area contributed by atoms with Gasteiger partial charge in [0.05, 0.1) is 19.3 Å². The maximum Gasteiger partial charge on any atom is 0.181 e. The fourth-order valence-electron chi connectivity index (χ4n) is 3.96. The zero-order valence-corrected chi connectivity index (χ0v) is 17.3. The Kier molecular flexibility index (Phi) is 7.79. The maximum atomic E-state index is 12.2. The fourth-order valence-corrected chi connectivity index (χ4v) is 3.96. The fraction of sp³-hybridized carbons (Fsp3) is 0.682. The Labute approximate surface area is 172 Å². The van der Waals surface area contributed by atoms with Crippen molar-refractivity contribution in [3.8, 4) is 0 Å². The first-order valence-electron chi connectivity index (χ1n) is 10.4. The maximum absolute atomic E-state index is 12.2. The average Bonchev–Trinajstić information content (AvgIpc) is 2.87. The van der Waals surface area contributed by atoms with E-state index in [0.29, 0.717) is 25.9 Å². The molecule has 2 aliphatic heterocycles. The highest BCUT2D eigenvalue weighted by Crippen LogP contribution is 2.32. The Balaban J connectivity index is 1.35. The smallest absolute Gasteiger partial charge is 0.181 e. The van der Waals surface area contributed by atoms with Crippen LogP contribution in [0.1, 0.15) is 45.1 Å². The molecule has 7 heteroatoms. The summed E-state index contributed by atoms with van der Waals surface area (Å²) >= 11 is 0. The molecule has 0 saturated carbocycles. The highest BCUT2D eigenvalue weighted by atomic mass is 16.8. The molecule has 2 aliphatic rings. The molecule has 29 heavy (non-hydrogen) atoms. The van der Waals surface area contributed by atoms with E-state index >= 15 is 0 Å². The van der Waals surface area contributed by atoms with E-state index in [4.69, 9.17) is 14.2 Å². The standard InChI is InChI=1S/C22H33NO6/c1-22(2)28-19-12-17(24)13-23(14-20(19)29-22)11-7-6-10-18(25)21(26)27-15-16-8-4-3-5-9-16/h3-5,8-9,18-21,25-26H,6-7,10-15H2,1-2H3/t18-,19-,20+,21?/m0/s1. The van der Waals surface area contributed by atoms with Gasteiger partial charge < -0.3 is 24.4 Å². The van der Waals surface area contributed by atoms with Crippen LogP contribution in [0.3, 0.4) is 0 Å². The van der Waals surface area contributed by atoms with Crippen LogP contribution in [0.2, 0.25) is 0 Å². The van der Waals surface area contributed by atoms with Gasteiger partial charge in [0.25, 0.3) is 0 Å². The Bertz CT molecular complexity index is 652. The normalized spacial score (nSPS) is 26.7. The van der Waals surface area contributed by atoms with Gasteiger partial charge in [0.15, 0.2) is 12.1 Å². The second-order valence-corrected chi connectivity index (χ2v) is 8.44. The van der Waals surface area contributed by atoms with Crippen LogP contribution in [-0.4, -0.2) is 70.9 Å². The van der Waals surface area contributed by atoms with Gasteiger partial charge in [0.1, 0.15) is 18.0 Å². The molecule has 1 aromatic rings. The van der Waals surface area contributed by atoms with Crippen molar-refractivity contribution in [3.63, 3.8) is 0 Å². The number of benzene rings is 1. The lowest BCUT2D eigenvalue weighted by Gasteiger charge is -2.24. The monoisotopic (exact) mass is 407 g/mol. The Morgan fingerprint density at radius 1 is 1.17 bits per heavy atom. The zero-order chi connectivity index (χ0) is 20.9. The van der Waals surface area contributed by atoms with Crippen LogP contribution in [0.15, 0.2) is 30.3 Å². The lowest BCUT2D eigenvalue weighted by molar-refractivity contribution is -0.170. The molecule has 0 radical (unpaired) electrons. The van der Waals surface area contributed by atoms with Crippen molar-refractivity contribution < 1.29 is 29.2 Å². The Morgan fingerprint density at radius 3 is 2.66 bits per heavy atom. The second kappa shape index (κ2) is 10.1. The van der Waals surface area contributed by atoms with Crippen molar-refractivity contribution in [1.29, 1.82) is 0 Å². The molecular formula is C22H33NO6. The Hall–Kier alpha value is -1.35. The molecule has 0 amide bonds. The summed E-state index contributed by atoms with van der Waals surface area (Å²) in [4.78, 5) is 14.3. The predicted octanol–water partition coefficient (Wildman–Crippen LogP) is 1.85. The summed E-state index contributed by atoms with van der Waals surface area (Å²) < 4.78 is 17.1. The lowest BCUT2D eigenvalue weighted by atomic mass is 10.1. The van der Waals surface area contributed by atoms with Gasteiger partial charge in [-0.15, -0.1) is 0 Å². The minimum atomic E-state index is -1.21. The number of Topliss-reactive ketones (excluding diaryl/α,β-unsaturated/α-hetero) is 1. The zero-order valence-electron chi connectivity index (χ0n) is 17.3. The summed E-state index contributed by atoms with van der Waals surface area (Å²) in [5.41, 5.74) is 0.948. The molecular weight excluding hydrogens is 374 g/mol. The number of rotatable bonds is 9. The van der Waals surface area contributed by atoms with Crippen LogP contribution in [0, 0.1) is 0 Å². The third-order valence-corrected chi connectivity index (χ3v) is 5.37. The van der Waals surface area contributed by atoms with Gasteiger partial charge in [0, 0.05) is 13.0 Å². The van der Waals surface area contributed by atoms with Crippen molar-refractivity contribution in [3.05, 3.63) is 35.9 Å². The van der Waals surface area contributed by atoms with E-state index in [1.54, 1.807) is 0 Å². The molecule has 1 unspecified atom stereocenters. The van der Waals surface area contributed by atoms with E-state index < -0.39 is 18.2 Å². The largest absolute Gasteiger partial charge is 0.388 e. The van der Waals surface area contributed by atoms with E-state index in [0.717, 1.165) is 24.9 Å². The van der Waals surface area contributed by atoms with Crippen LogP contribution in [-0.2, 0) is 25.6 Å². The number of aliphatic hydroxyl groups excluding tert-OH is 2. The minimum absolute atomic E-state index is 0.0877. The van der Waals surface area contributed by atoms with Crippen LogP contribution in [0.25, 0.3) is 0 Å². The highest BCUT2D eigenvalue weighted by Gasteiger charge is 2.44. The van der Waals surface area contributed by atoms with E-state index in [1.807, 2.05) is 44.2 Å². The molecule has 7 nitrogen and oxygen atoms in total. The van der Waals surface area contributed by atoms with Gasteiger partial charge in [-0.3, -0.25) is 9.69 Å². The summed E-state index contributed by atoms with van der Waals surface area (Å²) in [6.45, 7) is 5.84. The van der Waals surface area contributed by atoms with E-state index in [9.17, 15) is 15.0 Å². The number of aliphatic hydroxyl groups is 2. The van der Waals surface area contributed by atoms with Gasteiger partial charge in [-0.25, -0.2) is 0 Å². The molecule has 4 atom stereocenters. The van der Waals surface area contributed by atoms with Crippen LogP contribution in [0.4, 0.5) is 0 Å². The number of ether oxygens (including phenoxy) is 3. The average molecular weight is 408 g/mol. The third kappa shape index (κ3) is 6.84. The molecule has 2 fully saturated rings. The molecule has 0 aliphatic carbocycles. The summed E-state index contributed by atoms with van der Waals surface area (Å²) in [5.74, 6) is -0.470. The molecule has 0 spiro atoms. The number of carbonyl (C=O) groups is 1. The quantitative estimate of drug-likeness (QED) is 0.477. The van der Waals surface area contributed by atoms with Crippen molar-refractivity contribution in [1.82, 2.24) is 4.90 Å². The molecule has 162 valence electrons. The van der Waals surface area contributed by atoms with Gasteiger partial charge in [0.2, 0.25) is 0 Å². The third-order valence-electron chi connectivity index (χ3n) is 5.37. The number of carbonyl (C=O) groups excluding carboxylic acids is 1. The number of fused-ring (bicyclic) bond motifs is 1. The van der Waals surface area contributed by atoms with E-state index in [2.05, 4.69) is 4.90 Å². The topological polar surface area (TPSA) is 88.5 Å². The van der Waals surface area contributed by atoms with Gasteiger partial charge in [-0.2, -0.15) is 0 Å². The summed E-state index contributed by atoms with van der Waals surface area (Å²) in [7, 11) is 0. The molecule has 2 heterocycles. The summed E-state index contributed by atoms with van der Waals surface area (Å²) in [6.07, 6.45) is -0.00361. The summed E-state index contributed by atoms with van der Waals surface area (Å²) in [6, 6.07) is 9.54. The summed E-state index contributed by atoms with van der Waals surface area (Å²) in [5, 5.41) is 20.1. The number of ketones is 1. The molecule has 2 N–H and O–H groups in total. The van der Waals surface area contributed by atoms with Crippen LogP contribution < -0.4 is 0 Å². The number of likely N-dealkylation sites (tertiary alicyclic amines) is 1. The molecule has 2 saturated heterocycles. The van der Waals surface area contributed by atoms with Gasteiger partial charge in [-0.05, 0) is 45.2 Å². The number of unbranched alkanes of at least 4 members (excludes halogenated alkanes) is 1. The van der Waals surface area contributed by atoms with Crippen molar-refractivity contribution in [2.75, 3.05) is 19.6 Å². The molecule has 1 aromatic carbocycles. The molecule has 3 rings (SSSR count). The predicted molar refractivity (Wildman–Crippen MR) is 107 cm³/mol. The second-order valence-electron chi connectivity index (χ2n) is 8.44. The van der Waals surface area contributed by atoms with Crippen LogP contribution >= 0.6 is 0 Å². The number of hydrogen-bond acceptors (Lipinski definition) is 7. The van der Waals surface area contributed by atoms with E-state index in [1.165, 1.54) is 0 Å². The number of nitrogens with zero attached hydrogens (tertiary/aromatic N) is 1. The van der Waals surface area contributed by atoms with Gasteiger partial charge >= 0.3 is 0 Å². The lowest BCUT2D eigenvalue weighted by Crippen LogP contribution is -2.36. The van der Waals surface area contributed by atoms with Crippen molar-refractivity contribution in [2.45, 2.75) is 76.5 Å². The van der Waals surface area contributed by atoms with Crippen molar-refractivity contribution >= 4 is 5.78 Å². The number of hydrogen-bond donors (Lipinski definition) is 2. The first kappa shape index (κ1) is 22.3. The van der Waals surface area contributed by atoms with Gasteiger partial charge in [-0.1, -0.05) is 30.3 Å². The first-order valence-corrected chi connectivity index (χ1v) is 10.4. The van der Waals surface area contributed by atoms with Crippen molar-refractivity contribution in [2.24, 2.45) is 0 Å². The SMILES string of the molecule is CC1(C)O[C@H]2CC(=O)CN(CCCC[C@H](O)C(O)OCc3ccccc3)C[C@H]2O1. The molecule has 0 bridgehead atoms. The Morgan fingerprint density at radius 2 is 1.90 bits per heavy atom. The minimum Gasteiger partial charge on any atom is -0.388 e. The van der Waals surface area contributed by atoms with E-state index in [-0.39, 0.29) is 24.6 Å². The van der Waals surface area contributed by atoms with Crippen LogP contribution in [0.5, 0.6) is 0 Å². The first-order chi connectivity index (χ1) is 13.8.